The number of hydrogen-bond acceptors (Lipinski definition) is 4. The smallest absolute Gasteiger partial charge is 0.0587 e. The van der Waals surface area contributed by atoms with E-state index in [2.05, 4.69) is 16.8 Å². The molecular weight excluding hydrogens is 180 g/mol. The normalized spacial score (nSPS) is 25.9. The summed E-state index contributed by atoms with van der Waals surface area (Å²) in [5.41, 5.74) is 0. The van der Waals surface area contributed by atoms with Crippen LogP contribution in [0.25, 0.3) is 0 Å². The molecule has 84 valence electrons. The van der Waals surface area contributed by atoms with Gasteiger partial charge in [-0.05, 0) is 33.5 Å². The topological polar surface area (TPSA) is 46.9 Å². The molecular formula is C10H22N2O2. The fourth-order valence-corrected chi connectivity index (χ4v) is 2.12. The van der Waals surface area contributed by atoms with Gasteiger partial charge in [-0.25, -0.2) is 0 Å². The number of rotatable bonds is 5. The van der Waals surface area contributed by atoms with Crippen molar-refractivity contribution in [1.82, 2.24) is 9.80 Å². The minimum absolute atomic E-state index is 0.108. The van der Waals surface area contributed by atoms with E-state index < -0.39 is 0 Å². The van der Waals surface area contributed by atoms with Crippen molar-refractivity contribution in [1.29, 1.82) is 0 Å². The van der Waals surface area contributed by atoms with Crippen molar-refractivity contribution < 1.29 is 10.2 Å². The van der Waals surface area contributed by atoms with Gasteiger partial charge in [0.2, 0.25) is 0 Å². The van der Waals surface area contributed by atoms with Gasteiger partial charge in [-0.15, -0.1) is 0 Å². The van der Waals surface area contributed by atoms with Crippen molar-refractivity contribution in [2.45, 2.75) is 24.9 Å². The fourth-order valence-electron chi connectivity index (χ4n) is 2.12. The molecule has 0 aromatic rings. The first kappa shape index (κ1) is 11.9. The average molecular weight is 202 g/mol. The van der Waals surface area contributed by atoms with Crippen LogP contribution in [0.1, 0.15) is 12.8 Å². The second kappa shape index (κ2) is 5.66. The Balaban J connectivity index is 2.41. The molecule has 2 unspecified atom stereocenters. The van der Waals surface area contributed by atoms with Crippen molar-refractivity contribution in [2.24, 2.45) is 0 Å². The zero-order chi connectivity index (χ0) is 10.6. The van der Waals surface area contributed by atoms with E-state index in [1.165, 1.54) is 0 Å². The molecule has 4 nitrogen and oxygen atoms in total. The van der Waals surface area contributed by atoms with Crippen molar-refractivity contribution in [3.8, 4) is 0 Å². The zero-order valence-corrected chi connectivity index (χ0v) is 9.19. The first-order chi connectivity index (χ1) is 6.69. The number of likely N-dealkylation sites (tertiary alicyclic amines) is 1. The van der Waals surface area contributed by atoms with Gasteiger partial charge >= 0.3 is 0 Å². The molecule has 0 saturated carbocycles. The molecule has 0 amide bonds. The van der Waals surface area contributed by atoms with Crippen molar-refractivity contribution in [2.75, 3.05) is 40.4 Å². The van der Waals surface area contributed by atoms with E-state index in [0.717, 1.165) is 19.5 Å². The Labute approximate surface area is 86.1 Å². The number of aliphatic hydroxyl groups excluding tert-OH is 2. The highest BCUT2D eigenvalue weighted by atomic mass is 16.3. The summed E-state index contributed by atoms with van der Waals surface area (Å²) in [7, 11) is 4.16. The van der Waals surface area contributed by atoms with Crippen molar-refractivity contribution in [3.63, 3.8) is 0 Å². The van der Waals surface area contributed by atoms with Gasteiger partial charge in [-0.2, -0.15) is 0 Å². The molecule has 1 aliphatic heterocycles. The Morgan fingerprint density at radius 3 is 2.64 bits per heavy atom. The third-order valence-electron chi connectivity index (χ3n) is 3.19. The first-order valence-electron chi connectivity index (χ1n) is 5.31. The molecule has 2 N–H and O–H groups in total. The van der Waals surface area contributed by atoms with Crippen LogP contribution in [0.2, 0.25) is 0 Å². The summed E-state index contributed by atoms with van der Waals surface area (Å²) in [6.45, 7) is 2.49. The second-order valence-electron chi connectivity index (χ2n) is 4.22. The molecule has 1 fully saturated rings. The summed E-state index contributed by atoms with van der Waals surface area (Å²) >= 11 is 0. The van der Waals surface area contributed by atoms with Crippen LogP contribution in [-0.2, 0) is 0 Å². The van der Waals surface area contributed by atoms with E-state index >= 15 is 0 Å². The van der Waals surface area contributed by atoms with Crippen LogP contribution >= 0.6 is 0 Å². The largest absolute Gasteiger partial charge is 0.396 e. The summed E-state index contributed by atoms with van der Waals surface area (Å²) in [6.07, 6.45) is 1.82. The van der Waals surface area contributed by atoms with Gasteiger partial charge in [0.1, 0.15) is 0 Å². The lowest BCUT2D eigenvalue weighted by Gasteiger charge is -2.31. The maximum atomic E-state index is 9.19. The first-order valence-corrected chi connectivity index (χ1v) is 5.31. The summed E-state index contributed by atoms with van der Waals surface area (Å²) in [5.74, 6) is 0. The third-order valence-corrected chi connectivity index (χ3v) is 3.19. The minimum atomic E-state index is 0.108. The fraction of sp³-hybridized carbons (Fsp3) is 1.00. The molecule has 4 heteroatoms. The molecule has 1 aliphatic rings. The van der Waals surface area contributed by atoms with Crippen LogP contribution in [0.3, 0.4) is 0 Å². The summed E-state index contributed by atoms with van der Waals surface area (Å²) < 4.78 is 0. The van der Waals surface area contributed by atoms with Gasteiger partial charge in [0.25, 0.3) is 0 Å². The summed E-state index contributed by atoms with van der Waals surface area (Å²) in [5, 5.41) is 18.1. The third kappa shape index (κ3) is 2.92. The zero-order valence-electron chi connectivity index (χ0n) is 9.19. The Hall–Kier alpha value is -0.160. The lowest BCUT2D eigenvalue weighted by molar-refractivity contribution is 0.0901. The standard InChI is InChI=1S/C10H22N2O2/c1-11-5-3-9(7-11)12(2)10(8-14)4-6-13/h9-10,13-14H,3-8H2,1-2H3. The number of nitrogens with zero attached hydrogens (tertiary/aromatic N) is 2. The molecule has 0 aromatic heterocycles. The summed E-state index contributed by atoms with van der Waals surface area (Å²) in [6, 6.07) is 0.639. The van der Waals surface area contributed by atoms with Gasteiger partial charge in [0.05, 0.1) is 6.61 Å². The molecule has 1 saturated heterocycles. The average Bonchev–Trinajstić information content (AvgIpc) is 2.60. The Morgan fingerprint density at radius 2 is 2.21 bits per heavy atom. The SMILES string of the molecule is CN1CCC(N(C)C(CO)CCO)C1. The minimum Gasteiger partial charge on any atom is -0.396 e. The summed E-state index contributed by atoms with van der Waals surface area (Å²) in [4.78, 5) is 4.51. The van der Waals surface area contributed by atoms with E-state index in [4.69, 9.17) is 5.11 Å². The van der Waals surface area contributed by atoms with E-state index in [-0.39, 0.29) is 19.3 Å². The molecule has 0 radical (unpaired) electrons. The molecule has 1 rings (SSSR count). The lowest BCUT2D eigenvalue weighted by atomic mass is 10.1. The van der Waals surface area contributed by atoms with Gasteiger partial charge in [0.15, 0.2) is 0 Å². The van der Waals surface area contributed by atoms with Crippen LogP contribution in [0.5, 0.6) is 0 Å². The molecule has 0 spiro atoms. The van der Waals surface area contributed by atoms with E-state index in [1.807, 2.05) is 7.05 Å². The number of aliphatic hydroxyl groups is 2. The van der Waals surface area contributed by atoms with Gasteiger partial charge < -0.3 is 15.1 Å². The molecule has 1 heterocycles. The van der Waals surface area contributed by atoms with Gasteiger partial charge in [-0.3, -0.25) is 4.90 Å². The Kier molecular flexibility index (Phi) is 4.81. The quantitative estimate of drug-likeness (QED) is 0.623. The maximum absolute atomic E-state index is 9.19. The van der Waals surface area contributed by atoms with E-state index in [0.29, 0.717) is 12.5 Å². The monoisotopic (exact) mass is 202 g/mol. The Morgan fingerprint density at radius 1 is 1.50 bits per heavy atom. The predicted octanol–water partition coefficient (Wildman–Crippen LogP) is -0.634. The van der Waals surface area contributed by atoms with Crippen LogP contribution in [-0.4, -0.2) is 72.5 Å². The molecule has 0 aromatic carbocycles. The van der Waals surface area contributed by atoms with Crippen LogP contribution in [0, 0.1) is 0 Å². The van der Waals surface area contributed by atoms with Crippen molar-refractivity contribution >= 4 is 0 Å². The van der Waals surface area contributed by atoms with Gasteiger partial charge in [0, 0.05) is 25.2 Å². The highest BCUT2D eigenvalue weighted by molar-refractivity contribution is 4.83. The highest BCUT2D eigenvalue weighted by Crippen LogP contribution is 2.16. The number of likely N-dealkylation sites (N-methyl/N-ethyl adjacent to an activating group) is 2. The highest BCUT2D eigenvalue weighted by Gasteiger charge is 2.27. The lowest BCUT2D eigenvalue weighted by Crippen LogP contribution is -2.43. The molecule has 0 aliphatic carbocycles. The molecule has 14 heavy (non-hydrogen) atoms. The van der Waals surface area contributed by atoms with E-state index in [1.54, 1.807) is 0 Å². The number of hydrogen-bond donors (Lipinski definition) is 2. The van der Waals surface area contributed by atoms with Crippen molar-refractivity contribution in [3.05, 3.63) is 0 Å². The predicted molar refractivity (Wildman–Crippen MR) is 56.2 cm³/mol. The Bertz CT molecular complexity index is 162. The van der Waals surface area contributed by atoms with Crippen LogP contribution < -0.4 is 0 Å². The molecule has 0 bridgehead atoms. The van der Waals surface area contributed by atoms with Crippen LogP contribution in [0.4, 0.5) is 0 Å². The molecule has 2 atom stereocenters. The maximum Gasteiger partial charge on any atom is 0.0587 e. The van der Waals surface area contributed by atoms with Gasteiger partial charge in [-0.1, -0.05) is 0 Å². The van der Waals surface area contributed by atoms with Crippen LogP contribution in [0.15, 0.2) is 0 Å². The van der Waals surface area contributed by atoms with E-state index in [9.17, 15) is 5.11 Å². The second-order valence-corrected chi connectivity index (χ2v) is 4.22.